The predicted molar refractivity (Wildman–Crippen MR) is 91.5 cm³/mol. The van der Waals surface area contributed by atoms with Crippen LogP contribution in [0.2, 0.25) is 0 Å². The molecule has 2 rings (SSSR count). The summed E-state index contributed by atoms with van der Waals surface area (Å²) >= 11 is 1.19. The number of nitrogens with one attached hydrogen (secondary N) is 1. The molecule has 1 aliphatic rings. The number of hydrogen-bond acceptors (Lipinski definition) is 6. The molecule has 1 aliphatic heterocycles. The van der Waals surface area contributed by atoms with E-state index in [0.29, 0.717) is 23.7 Å². The topological polar surface area (TPSA) is 110 Å². The first-order valence-electron chi connectivity index (χ1n) is 7.58. The number of hydrogen-bond donors (Lipinski definition) is 2. The Morgan fingerprint density at radius 1 is 1.35 bits per heavy atom. The van der Waals surface area contributed by atoms with Gasteiger partial charge in [0, 0.05) is 30.6 Å². The van der Waals surface area contributed by atoms with E-state index < -0.39 is 20.0 Å². The summed E-state index contributed by atoms with van der Waals surface area (Å²) in [6.07, 6.45) is 2.10. The number of nitrogens with two attached hydrogens (primary N) is 1. The second kappa shape index (κ2) is 7.58. The molecule has 23 heavy (non-hydrogen) atoms. The number of thiophene rings is 1. The van der Waals surface area contributed by atoms with Crippen LogP contribution in [0.15, 0.2) is 16.3 Å². The lowest BCUT2D eigenvalue weighted by molar-refractivity contribution is 0.394. The van der Waals surface area contributed by atoms with Crippen molar-refractivity contribution in [2.24, 2.45) is 5.73 Å². The van der Waals surface area contributed by atoms with Gasteiger partial charge in [0.1, 0.15) is 4.21 Å². The monoisotopic (exact) mass is 381 g/mol. The molecule has 0 aromatic carbocycles. The Morgan fingerprint density at radius 2 is 2.09 bits per heavy atom. The van der Waals surface area contributed by atoms with Gasteiger partial charge in [-0.25, -0.2) is 21.6 Å². The maximum atomic E-state index is 12.7. The van der Waals surface area contributed by atoms with Crippen LogP contribution in [0.3, 0.4) is 0 Å². The van der Waals surface area contributed by atoms with E-state index in [9.17, 15) is 16.8 Å². The second-order valence-electron chi connectivity index (χ2n) is 5.42. The summed E-state index contributed by atoms with van der Waals surface area (Å²) in [5, 5.41) is 0. The first-order chi connectivity index (χ1) is 10.8. The number of nitrogens with zero attached hydrogens (tertiary/aromatic N) is 1. The van der Waals surface area contributed by atoms with E-state index in [1.165, 1.54) is 15.6 Å². The van der Waals surface area contributed by atoms with Gasteiger partial charge in [0.05, 0.1) is 5.75 Å². The normalized spacial score (nSPS) is 20.2. The minimum atomic E-state index is -3.50. The Hall–Kier alpha value is -0.520. The summed E-state index contributed by atoms with van der Waals surface area (Å²) in [6.45, 7) is 2.68. The van der Waals surface area contributed by atoms with Crippen molar-refractivity contribution in [3.05, 3.63) is 17.0 Å². The molecule has 0 amide bonds. The molecule has 1 aromatic rings. The quantitative estimate of drug-likeness (QED) is 0.675. The van der Waals surface area contributed by atoms with E-state index >= 15 is 0 Å². The third-order valence-electron chi connectivity index (χ3n) is 3.87. The average molecular weight is 382 g/mol. The van der Waals surface area contributed by atoms with Gasteiger partial charge in [-0.1, -0.05) is 0 Å². The molecule has 132 valence electrons. The first kappa shape index (κ1) is 18.8. The highest BCUT2D eigenvalue weighted by atomic mass is 32.2. The van der Waals surface area contributed by atoms with Gasteiger partial charge in [0.15, 0.2) is 0 Å². The van der Waals surface area contributed by atoms with Gasteiger partial charge in [0.25, 0.3) is 10.0 Å². The van der Waals surface area contributed by atoms with Crippen LogP contribution in [-0.2, 0) is 26.5 Å². The molecule has 1 fully saturated rings. The molecule has 7 nitrogen and oxygen atoms in total. The summed E-state index contributed by atoms with van der Waals surface area (Å²) in [6, 6.07) is 3.21. The van der Waals surface area contributed by atoms with Crippen LogP contribution < -0.4 is 10.5 Å². The largest absolute Gasteiger partial charge is 0.329 e. The van der Waals surface area contributed by atoms with Gasteiger partial charge in [-0.15, -0.1) is 11.3 Å². The Kier molecular flexibility index (Phi) is 6.20. The van der Waals surface area contributed by atoms with Crippen LogP contribution in [-0.4, -0.2) is 52.6 Å². The first-order valence-corrected chi connectivity index (χ1v) is 11.5. The zero-order valence-corrected chi connectivity index (χ0v) is 15.5. The molecule has 2 heterocycles. The summed E-state index contributed by atoms with van der Waals surface area (Å²) in [7, 11) is -6.72. The zero-order valence-electron chi connectivity index (χ0n) is 13.1. The second-order valence-corrected chi connectivity index (χ2v) is 10.8. The smallest absolute Gasteiger partial charge is 0.252 e. The maximum Gasteiger partial charge on any atom is 0.252 e. The highest BCUT2D eigenvalue weighted by Gasteiger charge is 2.35. The van der Waals surface area contributed by atoms with E-state index in [4.69, 9.17) is 5.73 Å². The van der Waals surface area contributed by atoms with Crippen LogP contribution in [0.4, 0.5) is 0 Å². The van der Waals surface area contributed by atoms with Gasteiger partial charge in [-0.05, 0) is 38.3 Å². The fourth-order valence-electron chi connectivity index (χ4n) is 2.54. The molecule has 1 saturated heterocycles. The van der Waals surface area contributed by atoms with Crippen LogP contribution >= 0.6 is 11.3 Å². The fourth-order valence-corrected chi connectivity index (χ4v) is 6.35. The fraction of sp³-hybridized carbons (Fsp3) is 0.692. The van der Waals surface area contributed by atoms with Crippen molar-refractivity contribution in [3.8, 4) is 0 Å². The van der Waals surface area contributed by atoms with Crippen molar-refractivity contribution in [3.63, 3.8) is 0 Å². The van der Waals surface area contributed by atoms with Crippen molar-refractivity contribution in [2.75, 3.05) is 25.4 Å². The van der Waals surface area contributed by atoms with E-state index in [-0.39, 0.29) is 18.3 Å². The molecule has 0 bridgehead atoms. The molecule has 1 aromatic heterocycles. The van der Waals surface area contributed by atoms with E-state index in [2.05, 4.69) is 4.72 Å². The molecular weight excluding hydrogens is 358 g/mol. The van der Waals surface area contributed by atoms with Crippen molar-refractivity contribution in [2.45, 2.75) is 36.4 Å². The lowest BCUT2D eigenvalue weighted by atomic mass is 10.2. The summed E-state index contributed by atoms with van der Waals surface area (Å²) < 4.78 is 52.3. The van der Waals surface area contributed by atoms with Gasteiger partial charge >= 0.3 is 0 Å². The summed E-state index contributed by atoms with van der Waals surface area (Å²) in [5.41, 5.74) is 5.66. The predicted octanol–water partition coefficient (Wildman–Crippen LogP) is 0.342. The van der Waals surface area contributed by atoms with Crippen molar-refractivity contribution >= 4 is 31.4 Å². The minimum Gasteiger partial charge on any atom is -0.329 e. The average Bonchev–Trinajstić information content (AvgIpc) is 3.16. The maximum absolute atomic E-state index is 12.7. The zero-order chi connectivity index (χ0) is 17.1. The van der Waals surface area contributed by atoms with E-state index in [1.54, 1.807) is 19.1 Å². The molecule has 10 heteroatoms. The molecule has 0 aliphatic carbocycles. The van der Waals surface area contributed by atoms with Gasteiger partial charge < -0.3 is 5.73 Å². The Morgan fingerprint density at radius 3 is 2.74 bits per heavy atom. The van der Waals surface area contributed by atoms with Gasteiger partial charge in [-0.2, -0.15) is 4.31 Å². The lowest BCUT2D eigenvalue weighted by Gasteiger charge is -2.21. The molecular formula is C13H23N3O4S3. The number of sulfonamides is 2. The molecule has 0 saturated carbocycles. The molecule has 3 N–H and O–H groups in total. The van der Waals surface area contributed by atoms with Gasteiger partial charge in [0.2, 0.25) is 10.0 Å². The molecule has 0 radical (unpaired) electrons. The molecule has 1 unspecified atom stereocenters. The highest BCUT2D eigenvalue weighted by Crippen LogP contribution is 2.30. The highest BCUT2D eigenvalue weighted by molar-refractivity contribution is 7.91. The summed E-state index contributed by atoms with van der Waals surface area (Å²) in [4.78, 5) is 0.839. The molecule has 1 atom stereocenters. The van der Waals surface area contributed by atoms with Crippen molar-refractivity contribution < 1.29 is 16.8 Å². The number of rotatable bonds is 8. The van der Waals surface area contributed by atoms with Crippen LogP contribution in [0.25, 0.3) is 0 Å². The van der Waals surface area contributed by atoms with Crippen molar-refractivity contribution in [1.29, 1.82) is 0 Å². The Balaban J connectivity index is 2.04. The van der Waals surface area contributed by atoms with E-state index in [1.807, 2.05) is 0 Å². The van der Waals surface area contributed by atoms with Crippen LogP contribution in [0, 0.1) is 0 Å². The minimum absolute atomic E-state index is 0.0342. The standard InChI is InChI=1S/C13H23N3O4S3/c1-2-22(17,18)15-8-7-12-5-6-13(21-12)23(19,20)16-9-3-4-11(16)10-14/h5-6,11,15H,2-4,7-10,14H2,1H3. The Bertz CT molecular complexity index is 727. The Labute approximate surface area is 142 Å². The third-order valence-corrected chi connectivity index (χ3v) is 8.84. The molecule has 0 spiro atoms. The van der Waals surface area contributed by atoms with Crippen LogP contribution in [0.5, 0.6) is 0 Å². The SMILES string of the molecule is CCS(=O)(=O)NCCc1ccc(S(=O)(=O)N2CCCC2CN)s1. The third kappa shape index (κ3) is 4.52. The van der Waals surface area contributed by atoms with Crippen LogP contribution in [0.1, 0.15) is 24.6 Å². The van der Waals surface area contributed by atoms with E-state index in [0.717, 1.165) is 17.7 Å². The van der Waals surface area contributed by atoms with Crippen molar-refractivity contribution in [1.82, 2.24) is 9.03 Å². The van der Waals surface area contributed by atoms with Gasteiger partial charge in [-0.3, -0.25) is 0 Å². The summed E-state index contributed by atoms with van der Waals surface area (Å²) in [5.74, 6) is 0.0342. The lowest BCUT2D eigenvalue weighted by Crippen LogP contribution is -2.39.